The summed E-state index contributed by atoms with van der Waals surface area (Å²) in [5, 5.41) is 0. The summed E-state index contributed by atoms with van der Waals surface area (Å²) in [6.07, 6.45) is 3.89. The van der Waals surface area contributed by atoms with E-state index in [1.807, 2.05) is 6.08 Å². The fraction of sp³-hybridized carbons (Fsp3) is 0.619. The van der Waals surface area contributed by atoms with E-state index in [1.54, 1.807) is 0 Å². The van der Waals surface area contributed by atoms with Crippen molar-refractivity contribution in [3.63, 3.8) is 0 Å². The normalized spacial score (nSPS) is 37.0. The molecule has 1 unspecified atom stereocenters. The van der Waals surface area contributed by atoms with E-state index < -0.39 is 0 Å². The number of nitrogens with zero attached hydrogens (tertiary/aromatic N) is 4. The number of halogens is 1. The van der Waals surface area contributed by atoms with Gasteiger partial charge in [-0.25, -0.2) is 4.90 Å². The van der Waals surface area contributed by atoms with Crippen molar-refractivity contribution < 1.29 is 28.5 Å². The first-order chi connectivity index (χ1) is 12.2. The van der Waals surface area contributed by atoms with Gasteiger partial charge < -0.3 is 24.0 Å². The molecule has 4 aliphatic rings. The maximum atomic E-state index is 3.89. The molecule has 3 atom stereocenters. The standard InChI is InChI=1S/C21H31N4.HI/c1-3-18-5-7-19(8-6-18)17-25-15-13-23-10-4-9-22-11-12-24(14-16-25)21(25,2)20(22)23;/h3,5-8,20H,1,4,9-17H2,2H3;1H/q+1;/p-1/t20-,21+,25?;/m0./s1. The van der Waals surface area contributed by atoms with Gasteiger partial charge >= 0.3 is 0 Å². The van der Waals surface area contributed by atoms with Crippen molar-refractivity contribution in [2.75, 3.05) is 52.4 Å². The van der Waals surface area contributed by atoms with E-state index in [2.05, 4.69) is 52.5 Å². The molecular formula is C21H31IN4. The number of rotatable bonds is 3. The van der Waals surface area contributed by atoms with Gasteiger partial charge in [-0.15, -0.1) is 0 Å². The molecule has 0 amide bonds. The van der Waals surface area contributed by atoms with Crippen molar-refractivity contribution in [3.8, 4) is 0 Å². The summed E-state index contributed by atoms with van der Waals surface area (Å²) in [7, 11) is 0. The van der Waals surface area contributed by atoms with Gasteiger partial charge in [0.1, 0.15) is 12.7 Å². The lowest BCUT2D eigenvalue weighted by molar-refractivity contribution is -0.991. The van der Waals surface area contributed by atoms with Crippen LogP contribution in [0.5, 0.6) is 0 Å². The smallest absolute Gasteiger partial charge is 0.182 e. The van der Waals surface area contributed by atoms with Crippen molar-refractivity contribution in [1.82, 2.24) is 14.7 Å². The second-order valence-electron chi connectivity index (χ2n) is 8.58. The summed E-state index contributed by atoms with van der Waals surface area (Å²) in [6.45, 7) is 17.8. The van der Waals surface area contributed by atoms with Crippen LogP contribution in [-0.4, -0.2) is 83.4 Å². The number of hydrogen-bond donors (Lipinski definition) is 0. The topological polar surface area (TPSA) is 9.72 Å². The Labute approximate surface area is 175 Å². The minimum Gasteiger partial charge on any atom is -1.00 e. The lowest BCUT2D eigenvalue weighted by Crippen LogP contribution is -3.00. The monoisotopic (exact) mass is 466 g/mol. The molecule has 0 spiro atoms. The van der Waals surface area contributed by atoms with Crippen LogP contribution in [0.15, 0.2) is 30.8 Å². The Morgan fingerprint density at radius 2 is 1.73 bits per heavy atom. The zero-order chi connectivity index (χ0) is 17.1. The van der Waals surface area contributed by atoms with Crippen molar-refractivity contribution in [2.45, 2.75) is 31.7 Å². The molecule has 0 N–H and O–H groups in total. The number of quaternary nitrogens is 1. The van der Waals surface area contributed by atoms with Crippen LogP contribution in [0.4, 0.5) is 0 Å². The molecule has 4 saturated heterocycles. The fourth-order valence-corrected chi connectivity index (χ4v) is 6.26. The third-order valence-electron chi connectivity index (χ3n) is 7.64. The van der Waals surface area contributed by atoms with Crippen LogP contribution in [-0.2, 0) is 6.54 Å². The second-order valence-corrected chi connectivity index (χ2v) is 8.58. The van der Waals surface area contributed by atoms with Crippen molar-refractivity contribution in [1.29, 1.82) is 0 Å². The molecule has 4 fully saturated rings. The first kappa shape index (κ1) is 18.9. The zero-order valence-electron chi connectivity index (χ0n) is 15.9. The molecule has 0 aliphatic carbocycles. The molecule has 4 aliphatic heterocycles. The quantitative estimate of drug-likeness (QED) is 0.420. The Kier molecular flexibility index (Phi) is 4.97. The molecule has 4 nitrogen and oxygen atoms in total. The van der Waals surface area contributed by atoms with E-state index in [-0.39, 0.29) is 29.6 Å². The highest BCUT2D eigenvalue weighted by Gasteiger charge is 2.67. The van der Waals surface area contributed by atoms with Gasteiger partial charge in [-0.3, -0.25) is 14.3 Å². The molecule has 0 saturated carbocycles. The van der Waals surface area contributed by atoms with Crippen LogP contribution in [0, 0.1) is 0 Å². The SMILES string of the molecule is C=Cc1ccc(C[N+]23CCN4CCCN5CCN(CC2)[C@@]3(C)[C@@H]54)cc1.[I-]. The van der Waals surface area contributed by atoms with Crippen LogP contribution in [0.2, 0.25) is 0 Å². The predicted octanol–water partition coefficient (Wildman–Crippen LogP) is -0.957. The summed E-state index contributed by atoms with van der Waals surface area (Å²) in [4.78, 5) is 8.40. The van der Waals surface area contributed by atoms with Gasteiger partial charge in [-0.05, 0) is 12.0 Å². The van der Waals surface area contributed by atoms with E-state index in [4.69, 9.17) is 0 Å². The Morgan fingerprint density at radius 1 is 1.04 bits per heavy atom. The Bertz CT molecular complexity index is 671. The second kappa shape index (κ2) is 6.85. The maximum absolute atomic E-state index is 3.89. The Morgan fingerprint density at radius 3 is 2.46 bits per heavy atom. The number of piperazine rings is 2. The van der Waals surface area contributed by atoms with Crippen LogP contribution < -0.4 is 24.0 Å². The van der Waals surface area contributed by atoms with Gasteiger partial charge in [0.25, 0.3) is 0 Å². The van der Waals surface area contributed by atoms with Crippen LogP contribution in [0.3, 0.4) is 0 Å². The van der Waals surface area contributed by atoms with Crippen molar-refractivity contribution in [2.24, 2.45) is 0 Å². The van der Waals surface area contributed by atoms with Gasteiger partial charge in [0.05, 0.1) is 19.6 Å². The van der Waals surface area contributed by atoms with Crippen molar-refractivity contribution in [3.05, 3.63) is 42.0 Å². The lowest BCUT2D eigenvalue weighted by atomic mass is 9.91. The van der Waals surface area contributed by atoms with Crippen LogP contribution >= 0.6 is 0 Å². The number of benzene rings is 1. The van der Waals surface area contributed by atoms with E-state index in [0.29, 0.717) is 6.17 Å². The van der Waals surface area contributed by atoms with E-state index in [0.717, 1.165) is 0 Å². The summed E-state index contributed by atoms with van der Waals surface area (Å²) in [6, 6.07) is 9.09. The van der Waals surface area contributed by atoms with E-state index in [9.17, 15) is 0 Å². The highest BCUT2D eigenvalue weighted by molar-refractivity contribution is 5.47. The average Bonchev–Trinajstić information content (AvgIpc) is 2.94. The fourth-order valence-electron chi connectivity index (χ4n) is 6.26. The van der Waals surface area contributed by atoms with Crippen LogP contribution in [0.25, 0.3) is 6.08 Å². The molecule has 0 radical (unpaired) electrons. The first-order valence-corrected chi connectivity index (χ1v) is 9.97. The maximum Gasteiger partial charge on any atom is 0.182 e. The third kappa shape index (κ3) is 2.54. The van der Waals surface area contributed by atoms with Gasteiger partial charge in [-0.1, -0.05) is 36.9 Å². The molecule has 1 aromatic rings. The lowest BCUT2D eigenvalue weighted by Gasteiger charge is -2.64. The van der Waals surface area contributed by atoms with Gasteiger partial charge in [0.15, 0.2) is 5.66 Å². The highest BCUT2D eigenvalue weighted by Crippen LogP contribution is 2.47. The highest BCUT2D eigenvalue weighted by atomic mass is 127. The molecular weight excluding hydrogens is 435 g/mol. The summed E-state index contributed by atoms with van der Waals surface area (Å²) in [5.41, 5.74) is 2.95. The molecule has 1 aromatic carbocycles. The minimum atomic E-state index is 0. The zero-order valence-corrected chi connectivity index (χ0v) is 18.1. The van der Waals surface area contributed by atoms with Crippen molar-refractivity contribution >= 4 is 6.08 Å². The van der Waals surface area contributed by atoms with E-state index in [1.165, 1.54) is 80.9 Å². The molecule has 26 heavy (non-hydrogen) atoms. The van der Waals surface area contributed by atoms with Gasteiger partial charge in [-0.2, -0.15) is 0 Å². The van der Waals surface area contributed by atoms with E-state index >= 15 is 0 Å². The molecule has 5 heteroatoms. The molecule has 5 rings (SSSR count). The summed E-state index contributed by atoms with van der Waals surface area (Å²) < 4.78 is 1.25. The average molecular weight is 466 g/mol. The molecule has 142 valence electrons. The largest absolute Gasteiger partial charge is 1.00 e. The Balaban J connectivity index is 0.00000168. The first-order valence-electron chi connectivity index (χ1n) is 9.97. The third-order valence-corrected chi connectivity index (χ3v) is 7.64. The minimum absolute atomic E-state index is 0. The number of hydrogen-bond acceptors (Lipinski definition) is 3. The summed E-state index contributed by atoms with van der Waals surface area (Å²) >= 11 is 0. The molecule has 4 heterocycles. The molecule has 0 bridgehead atoms. The Hall–Kier alpha value is -0.470. The van der Waals surface area contributed by atoms with Crippen LogP contribution in [0.1, 0.15) is 24.5 Å². The van der Waals surface area contributed by atoms with Gasteiger partial charge in [0.2, 0.25) is 0 Å². The summed E-state index contributed by atoms with van der Waals surface area (Å²) in [5.74, 6) is 0. The predicted molar refractivity (Wildman–Crippen MR) is 102 cm³/mol. The molecule has 0 aromatic heterocycles. The van der Waals surface area contributed by atoms with Gasteiger partial charge in [0, 0.05) is 45.2 Å².